The molecule has 1 saturated carbocycles. The standard InChI is InChI=1S/C26H39N3O3/c1-27(18-20-4-7-25-22(17-20)8-16-32-25)12-13-29(23-9-14-31-15-10-23)24-3-2-11-28(19-24)26(30)21-5-6-21/h4,7,17,21,23-24H,2-3,5-6,8-16,18-19H2,1H3. The number of likely N-dealkylation sites (N-methyl/N-ethyl adjacent to an activating group) is 1. The number of likely N-dealkylation sites (tertiary alicyclic amines) is 1. The summed E-state index contributed by atoms with van der Waals surface area (Å²) in [5.41, 5.74) is 2.72. The Morgan fingerprint density at radius 1 is 1.06 bits per heavy atom. The maximum atomic E-state index is 12.7. The Labute approximate surface area is 192 Å². The molecule has 1 unspecified atom stereocenters. The van der Waals surface area contributed by atoms with Crippen LogP contribution in [0, 0.1) is 5.92 Å². The first-order chi connectivity index (χ1) is 15.7. The van der Waals surface area contributed by atoms with Gasteiger partial charge in [-0.25, -0.2) is 0 Å². The second-order valence-electron chi connectivity index (χ2n) is 10.2. The van der Waals surface area contributed by atoms with Crippen molar-refractivity contribution < 1.29 is 14.3 Å². The number of nitrogens with zero attached hydrogens (tertiary/aromatic N) is 3. The minimum absolute atomic E-state index is 0.328. The van der Waals surface area contributed by atoms with Crippen molar-refractivity contribution in [2.24, 2.45) is 5.92 Å². The Kier molecular flexibility index (Phi) is 7.00. The smallest absolute Gasteiger partial charge is 0.225 e. The fourth-order valence-electron chi connectivity index (χ4n) is 5.71. The van der Waals surface area contributed by atoms with Crippen molar-refractivity contribution in [2.45, 2.75) is 63.6 Å². The number of rotatable bonds is 8. The summed E-state index contributed by atoms with van der Waals surface area (Å²) in [5.74, 6) is 1.80. The molecule has 6 heteroatoms. The first-order valence-electron chi connectivity index (χ1n) is 12.7. The van der Waals surface area contributed by atoms with E-state index in [1.165, 1.54) is 17.5 Å². The lowest BCUT2D eigenvalue weighted by Crippen LogP contribution is -2.55. The molecule has 3 fully saturated rings. The summed E-state index contributed by atoms with van der Waals surface area (Å²) in [6.07, 6.45) is 7.80. The summed E-state index contributed by atoms with van der Waals surface area (Å²) in [7, 11) is 2.23. The molecule has 4 aliphatic rings. The highest BCUT2D eigenvalue weighted by Gasteiger charge is 2.37. The van der Waals surface area contributed by atoms with Gasteiger partial charge in [0, 0.05) is 70.4 Å². The van der Waals surface area contributed by atoms with Crippen LogP contribution in [-0.2, 0) is 22.5 Å². The van der Waals surface area contributed by atoms with E-state index in [9.17, 15) is 4.79 Å². The van der Waals surface area contributed by atoms with E-state index in [1.54, 1.807) is 0 Å². The molecule has 0 N–H and O–H groups in total. The predicted molar refractivity (Wildman–Crippen MR) is 125 cm³/mol. The average molecular weight is 442 g/mol. The third-order valence-corrected chi connectivity index (χ3v) is 7.71. The Balaban J connectivity index is 1.20. The molecule has 5 rings (SSSR count). The van der Waals surface area contributed by atoms with Crippen molar-refractivity contribution >= 4 is 5.91 Å². The lowest BCUT2D eigenvalue weighted by molar-refractivity contribution is -0.135. The zero-order valence-corrected chi connectivity index (χ0v) is 19.6. The van der Waals surface area contributed by atoms with Gasteiger partial charge in [0.1, 0.15) is 5.75 Å². The molecule has 0 bridgehead atoms. The van der Waals surface area contributed by atoms with E-state index >= 15 is 0 Å². The molecule has 0 aromatic heterocycles. The van der Waals surface area contributed by atoms with Crippen molar-refractivity contribution in [2.75, 3.05) is 53.0 Å². The molecule has 1 aromatic carbocycles. The molecule has 3 heterocycles. The quantitative estimate of drug-likeness (QED) is 0.621. The van der Waals surface area contributed by atoms with Crippen LogP contribution in [0.1, 0.15) is 49.7 Å². The lowest BCUT2D eigenvalue weighted by Gasteiger charge is -2.44. The number of ether oxygens (including phenoxy) is 2. The molecule has 1 aromatic rings. The molecule has 1 aliphatic carbocycles. The lowest BCUT2D eigenvalue weighted by atomic mass is 9.98. The van der Waals surface area contributed by atoms with Crippen molar-refractivity contribution in [3.63, 3.8) is 0 Å². The van der Waals surface area contributed by atoms with Gasteiger partial charge in [-0.2, -0.15) is 0 Å². The number of hydrogen-bond acceptors (Lipinski definition) is 5. The van der Waals surface area contributed by atoms with Gasteiger partial charge < -0.3 is 19.3 Å². The molecule has 176 valence electrons. The van der Waals surface area contributed by atoms with Gasteiger partial charge in [-0.05, 0) is 62.8 Å². The number of carbonyl (C=O) groups is 1. The summed E-state index contributed by atoms with van der Waals surface area (Å²) < 4.78 is 11.3. The molecule has 0 spiro atoms. The Bertz CT molecular complexity index is 791. The third kappa shape index (κ3) is 5.29. The van der Waals surface area contributed by atoms with E-state index < -0.39 is 0 Å². The van der Waals surface area contributed by atoms with Crippen LogP contribution < -0.4 is 4.74 Å². The maximum absolute atomic E-state index is 12.7. The van der Waals surface area contributed by atoms with Gasteiger partial charge in [0.25, 0.3) is 0 Å². The zero-order chi connectivity index (χ0) is 21.9. The highest BCUT2D eigenvalue weighted by Crippen LogP contribution is 2.33. The highest BCUT2D eigenvalue weighted by molar-refractivity contribution is 5.81. The van der Waals surface area contributed by atoms with Crippen molar-refractivity contribution in [1.82, 2.24) is 14.7 Å². The van der Waals surface area contributed by atoms with Gasteiger partial charge in [-0.3, -0.25) is 9.69 Å². The van der Waals surface area contributed by atoms with E-state index in [1.807, 2.05) is 0 Å². The SMILES string of the molecule is CN(CCN(C1CCOCC1)C1CCCN(C(=O)C2CC2)C1)Cc1ccc2c(c1)CCO2. The van der Waals surface area contributed by atoms with Crippen LogP contribution in [0.25, 0.3) is 0 Å². The third-order valence-electron chi connectivity index (χ3n) is 7.71. The number of hydrogen-bond donors (Lipinski definition) is 0. The Morgan fingerprint density at radius 3 is 2.72 bits per heavy atom. The minimum Gasteiger partial charge on any atom is -0.493 e. The number of fused-ring (bicyclic) bond motifs is 1. The van der Waals surface area contributed by atoms with Gasteiger partial charge in [0.2, 0.25) is 5.91 Å². The molecule has 3 aliphatic heterocycles. The second kappa shape index (κ2) is 10.1. The van der Waals surface area contributed by atoms with E-state index in [-0.39, 0.29) is 0 Å². The fraction of sp³-hybridized carbons (Fsp3) is 0.731. The molecule has 1 amide bonds. The molecule has 0 radical (unpaired) electrons. The van der Waals surface area contributed by atoms with Crippen LogP contribution in [0.4, 0.5) is 0 Å². The van der Waals surface area contributed by atoms with E-state index in [0.29, 0.717) is 23.9 Å². The molecule has 32 heavy (non-hydrogen) atoms. The van der Waals surface area contributed by atoms with Gasteiger partial charge in [0.15, 0.2) is 0 Å². The highest BCUT2D eigenvalue weighted by atomic mass is 16.5. The molecular formula is C26H39N3O3. The zero-order valence-electron chi connectivity index (χ0n) is 19.6. The van der Waals surface area contributed by atoms with Crippen LogP contribution in [0.5, 0.6) is 5.75 Å². The van der Waals surface area contributed by atoms with Crippen LogP contribution in [-0.4, -0.2) is 85.7 Å². The van der Waals surface area contributed by atoms with Crippen molar-refractivity contribution in [1.29, 1.82) is 0 Å². The average Bonchev–Trinajstić information content (AvgIpc) is 3.57. The molecule has 6 nitrogen and oxygen atoms in total. The summed E-state index contributed by atoms with van der Waals surface area (Å²) in [5, 5.41) is 0. The largest absolute Gasteiger partial charge is 0.493 e. The number of piperidine rings is 1. The summed E-state index contributed by atoms with van der Waals surface area (Å²) in [6, 6.07) is 7.72. The normalized spacial score (nSPS) is 24.1. The first kappa shape index (κ1) is 22.2. The van der Waals surface area contributed by atoms with Crippen molar-refractivity contribution in [3.8, 4) is 5.75 Å². The summed E-state index contributed by atoms with van der Waals surface area (Å²) in [4.78, 5) is 20.1. The van der Waals surface area contributed by atoms with Gasteiger partial charge in [-0.1, -0.05) is 12.1 Å². The van der Waals surface area contributed by atoms with Crippen LogP contribution in [0.15, 0.2) is 18.2 Å². The predicted octanol–water partition coefficient (Wildman–Crippen LogP) is 2.94. The van der Waals surface area contributed by atoms with Gasteiger partial charge >= 0.3 is 0 Å². The Hall–Kier alpha value is -1.63. The minimum atomic E-state index is 0.328. The number of amides is 1. The molecular weight excluding hydrogens is 402 g/mol. The van der Waals surface area contributed by atoms with Crippen molar-refractivity contribution in [3.05, 3.63) is 29.3 Å². The van der Waals surface area contributed by atoms with Gasteiger partial charge in [-0.15, -0.1) is 0 Å². The van der Waals surface area contributed by atoms with Crippen LogP contribution in [0.3, 0.4) is 0 Å². The van der Waals surface area contributed by atoms with E-state index in [0.717, 1.165) is 96.8 Å². The van der Waals surface area contributed by atoms with Gasteiger partial charge in [0.05, 0.1) is 6.61 Å². The molecule has 1 atom stereocenters. The second-order valence-corrected chi connectivity index (χ2v) is 10.2. The Morgan fingerprint density at radius 2 is 1.91 bits per heavy atom. The fourth-order valence-corrected chi connectivity index (χ4v) is 5.71. The van der Waals surface area contributed by atoms with E-state index in [2.05, 4.69) is 39.9 Å². The van der Waals surface area contributed by atoms with Crippen LogP contribution in [0.2, 0.25) is 0 Å². The number of benzene rings is 1. The van der Waals surface area contributed by atoms with E-state index in [4.69, 9.17) is 9.47 Å². The summed E-state index contributed by atoms with van der Waals surface area (Å²) >= 11 is 0. The maximum Gasteiger partial charge on any atom is 0.225 e. The topological polar surface area (TPSA) is 45.2 Å². The number of carbonyl (C=O) groups excluding carboxylic acids is 1. The molecule has 2 saturated heterocycles. The van der Waals surface area contributed by atoms with Crippen LogP contribution >= 0.6 is 0 Å². The first-order valence-corrected chi connectivity index (χ1v) is 12.7. The monoisotopic (exact) mass is 441 g/mol. The summed E-state index contributed by atoms with van der Waals surface area (Å²) in [6.45, 7) is 7.49.